The molecule has 4 atom stereocenters. The summed E-state index contributed by atoms with van der Waals surface area (Å²) in [5.41, 5.74) is 0. The lowest BCUT2D eigenvalue weighted by Crippen LogP contribution is -2.31. The highest BCUT2D eigenvalue weighted by atomic mass is 28.4. The summed E-state index contributed by atoms with van der Waals surface area (Å²) in [6, 6.07) is 0. The Morgan fingerprint density at radius 1 is 0.704 bits per heavy atom. The zero-order chi connectivity index (χ0) is 20.2. The van der Waals surface area contributed by atoms with Crippen molar-refractivity contribution in [1.82, 2.24) is 0 Å². The van der Waals surface area contributed by atoms with Crippen LogP contribution in [0.15, 0.2) is 24.3 Å². The highest BCUT2D eigenvalue weighted by Gasteiger charge is 2.30. The molecule has 0 fully saturated rings. The van der Waals surface area contributed by atoms with Gasteiger partial charge < -0.3 is 18.3 Å². The topological polar surface area (TPSA) is 71.1 Å². The summed E-state index contributed by atoms with van der Waals surface area (Å²) in [7, 11) is -3.28. The predicted octanol–water partition coefficient (Wildman–Crippen LogP) is 3.56. The maximum absolute atomic E-state index is 12.0. The summed E-state index contributed by atoms with van der Waals surface area (Å²) < 4.78 is 22.7. The fourth-order valence-corrected chi connectivity index (χ4v) is 5.23. The van der Waals surface area contributed by atoms with Gasteiger partial charge in [0.25, 0.3) is 0 Å². The average molecular weight is 413 g/mol. The van der Waals surface area contributed by atoms with Gasteiger partial charge in [0.2, 0.25) is 0 Å². The third-order valence-electron chi connectivity index (χ3n) is 3.87. The molecule has 0 aromatic heterocycles. The lowest BCUT2D eigenvalue weighted by atomic mass is 10.3. The molecule has 0 aliphatic heterocycles. The van der Waals surface area contributed by atoms with Gasteiger partial charge in [-0.1, -0.05) is 12.2 Å². The summed E-state index contributed by atoms with van der Waals surface area (Å²) in [6.07, 6.45) is 7.61. The Labute approximate surface area is 164 Å². The van der Waals surface area contributed by atoms with Gasteiger partial charge in [0, 0.05) is 12.8 Å². The summed E-state index contributed by atoms with van der Waals surface area (Å²) in [4.78, 5) is 24.0. The molecule has 0 saturated carbocycles. The highest BCUT2D eigenvalue weighted by Crippen LogP contribution is 2.23. The normalized spacial score (nSPS) is 27.8. The first kappa shape index (κ1) is 22.1. The van der Waals surface area contributed by atoms with Crippen LogP contribution < -0.4 is 0 Å². The van der Waals surface area contributed by atoms with Crippen molar-refractivity contribution in [3.63, 3.8) is 0 Å². The van der Waals surface area contributed by atoms with Gasteiger partial charge in [-0.15, -0.1) is 0 Å². The third-order valence-corrected chi connectivity index (χ3v) is 5.89. The second kappa shape index (κ2) is 8.85. The molecule has 0 bridgehead atoms. The minimum absolute atomic E-state index is 0.0201. The number of carbonyl (C=O) groups is 2. The van der Waals surface area contributed by atoms with E-state index in [2.05, 4.69) is 39.3 Å². The van der Waals surface area contributed by atoms with Crippen molar-refractivity contribution in [2.24, 2.45) is 0 Å². The summed E-state index contributed by atoms with van der Waals surface area (Å²) in [5.74, 6) is -1.14. The minimum Gasteiger partial charge on any atom is -0.458 e. The molecule has 2 aliphatic rings. The lowest BCUT2D eigenvalue weighted by Gasteiger charge is -2.23. The quantitative estimate of drug-likeness (QED) is 0.263. The van der Waals surface area contributed by atoms with Gasteiger partial charge in [-0.05, 0) is 51.4 Å². The Morgan fingerprint density at radius 3 is 1.37 bits per heavy atom. The van der Waals surface area contributed by atoms with Crippen LogP contribution in [-0.4, -0.2) is 53.0 Å². The van der Waals surface area contributed by atoms with Gasteiger partial charge in [-0.3, -0.25) is 9.59 Å². The SMILES string of the molecule is C[Si](C)(C)O[C@H]1C=C[C@@H](OC(=O)CC(=O)O[C@@H]2C=C[C@H](O[Si](C)(C)C)C2)C1. The maximum Gasteiger partial charge on any atom is 0.317 e. The summed E-state index contributed by atoms with van der Waals surface area (Å²) in [6.45, 7) is 12.7. The fraction of sp³-hybridized carbons (Fsp3) is 0.684. The molecular formula is C19H32O6Si2. The first-order valence-corrected chi connectivity index (χ1v) is 16.3. The zero-order valence-corrected chi connectivity index (χ0v) is 19.2. The second-order valence-electron chi connectivity index (χ2n) is 9.01. The van der Waals surface area contributed by atoms with Crippen LogP contribution in [0.1, 0.15) is 19.3 Å². The fourth-order valence-electron chi connectivity index (χ4n) is 3.06. The number of carbonyl (C=O) groups excluding carboxylic acids is 2. The molecular weight excluding hydrogens is 380 g/mol. The Morgan fingerprint density at radius 2 is 1.04 bits per heavy atom. The van der Waals surface area contributed by atoms with Crippen molar-refractivity contribution < 1.29 is 27.9 Å². The second-order valence-corrected chi connectivity index (χ2v) is 17.9. The van der Waals surface area contributed by atoms with E-state index in [1.807, 2.05) is 24.3 Å². The molecule has 2 aliphatic carbocycles. The van der Waals surface area contributed by atoms with Gasteiger partial charge in [0.15, 0.2) is 16.6 Å². The van der Waals surface area contributed by atoms with E-state index in [4.69, 9.17) is 18.3 Å². The largest absolute Gasteiger partial charge is 0.458 e. The maximum atomic E-state index is 12.0. The number of hydrogen-bond acceptors (Lipinski definition) is 6. The van der Waals surface area contributed by atoms with Crippen LogP contribution in [0.2, 0.25) is 39.3 Å². The van der Waals surface area contributed by atoms with Crippen LogP contribution in [-0.2, 0) is 27.9 Å². The van der Waals surface area contributed by atoms with Gasteiger partial charge in [0.05, 0.1) is 12.2 Å². The Bertz CT molecular complexity index is 550. The predicted molar refractivity (Wildman–Crippen MR) is 108 cm³/mol. The van der Waals surface area contributed by atoms with Gasteiger partial charge in [-0.2, -0.15) is 0 Å². The van der Waals surface area contributed by atoms with Gasteiger partial charge in [0.1, 0.15) is 18.6 Å². The molecule has 6 nitrogen and oxygen atoms in total. The molecule has 0 aromatic carbocycles. The molecule has 0 spiro atoms. The van der Waals surface area contributed by atoms with Crippen LogP contribution in [0.25, 0.3) is 0 Å². The Balaban J connectivity index is 1.68. The number of hydrogen-bond donors (Lipinski definition) is 0. The van der Waals surface area contributed by atoms with Crippen LogP contribution in [0.5, 0.6) is 0 Å². The molecule has 0 heterocycles. The molecule has 0 N–H and O–H groups in total. The molecule has 27 heavy (non-hydrogen) atoms. The van der Waals surface area contributed by atoms with Gasteiger partial charge >= 0.3 is 11.9 Å². The van der Waals surface area contributed by atoms with Crippen LogP contribution in [0.4, 0.5) is 0 Å². The Kier molecular flexibility index (Phi) is 7.23. The first-order valence-electron chi connectivity index (χ1n) is 9.51. The van der Waals surface area contributed by atoms with Gasteiger partial charge in [-0.25, -0.2) is 0 Å². The monoisotopic (exact) mass is 412 g/mol. The van der Waals surface area contributed by atoms with Crippen molar-refractivity contribution in [2.45, 2.75) is 83.0 Å². The van der Waals surface area contributed by atoms with Crippen molar-refractivity contribution in [1.29, 1.82) is 0 Å². The molecule has 0 aromatic rings. The van der Waals surface area contributed by atoms with Crippen molar-refractivity contribution in [3.8, 4) is 0 Å². The van der Waals surface area contributed by atoms with E-state index >= 15 is 0 Å². The standard InChI is InChI=1S/C19H32O6Si2/c1-26(2,3)24-16-9-7-14(11-16)22-18(20)13-19(21)23-15-8-10-17(12-15)25-27(4,5)6/h7-10,14-17H,11-13H2,1-6H3/t14-,15-,16+,17+/m1/s1. The van der Waals surface area contributed by atoms with E-state index in [1.165, 1.54) is 0 Å². The molecule has 0 saturated heterocycles. The average Bonchev–Trinajstić information content (AvgIpc) is 3.04. The van der Waals surface area contributed by atoms with E-state index in [9.17, 15) is 9.59 Å². The van der Waals surface area contributed by atoms with Crippen molar-refractivity contribution in [3.05, 3.63) is 24.3 Å². The molecule has 2 rings (SSSR count). The Hall–Kier alpha value is -1.23. The zero-order valence-electron chi connectivity index (χ0n) is 17.2. The number of esters is 2. The molecule has 0 unspecified atom stereocenters. The smallest absolute Gasteiger partial charge is 0.317 e. The van der Waals surface area contributed by atoms with E-state index < -0.39 is 28.6 Å². The minimum atomic E-state index is -1.64. The summed E-state index contributed by atoms with van der Waals surface area (Å²) in [5, 5.41) is 0. The number of ether oxygens (including phenoxy) is 2. The number of rotatable bonds is 8. The van der Waals surface area contributed by atoms with Crippen LogP contribution in [0.3, 0.4) is 0 Å². The van der Waals surface area contributed by atoms with E-state index in [0.717, 1.165) is 0 Å². The molecule has 0 radical (unpaired) electrons. The molecule has 152 valence electrons. The van der Waals surface area contributed by atoms with Crippen LogP contribution in [0, 0.1) is 0 Å². The van der Waals surface area contributed by atoms with E-state index in [-0.39, 0.29) is 30.8 Å². The third kappa shape index (κ3) is 8.55. The van der Waals surface area contributed by atoms with E-state index in [0.29, 0.717) is 12.8 Å². The molecule has 8 heteroatoms. The van der Waals surface area contributed by atoms with Crippen molar-refractivity contribution in [2.75, 3.05) is 0 Å². The summed E-state index contributed by atoms with van der Waals surface area (Å²) >= 11 is 0. The molecule has 0 amide bonds. The first-order chi connectivity index (χ1) is 12.4. The highest BCUT2D eigenvalue weighted by molar-refractivity contribution is 6.70. The van der Waals surface area contributed by atoms with E-state index in [1.54, 1.807) is 0 Å². The lowest BCUT2D eigenvalue weighted by molar-refractivity contribution is -0.158. The van der Waals surface area contributed by atoms with Crippen molar-refractivity contribution >= 4 is 28.6 Å². The van der Waals surface area contributed by atoms with Crippen LogP contribution >= 0.6 is 0 Å².